The maximum absolute atomic E-state index is 6.04. The van der Waals surface area contributed by atoms with Gasteiger partial charge in [-0.1, -0.05) is 41.9 Å². The Kier molecular flexibility index (Phi) is 3.53. The zero-order valence-electron chi connectivity index (χ0n) is 10.7. The number of hydrogen-bond donors (Lipinski definition) is 1. The first-order valence-corrected chi connectivity index (χ1v) is 6.20. The highest BCUT2D eigenvalue weighted by atomic mass is 35.5. The average molecular weight is 262 g/mol. The molecule has 1 heterocycles. The second kappa shape index (κ2) is 4.94. The Morgan fingerprint density at radius 1 is 1.06 bits per heavy atom. The van der Waals surface area contributed by atoms with E-state index in [1.807, 2.05) is 30.3 Å². The van der Waals surface area contributed by atoms with E-state index in [0.717, 1.165) is 11.3 Å². The summed E-state index contributed by atoms with van der Waals surface area (Å²) in [4.78, 5) is 8.67. The Bertz CT molecular complexity index is 532. The fourth-order valence-corrected chi connectivity index (χ4v) is 1.75. The second-order valence-electron chi connectivity index (χ2n) is 5.14. The van der Waals surface area contributed by atoms with Gasteiger partial charge in [-0.05, 0) is 20.8 Å². The SMILES string of the molecule is CC(C)(C)Nc1nc(Cl)cc(-c2ccccc2)n1. The van der Waals surface area contributed by atoms with Crippen molar-refractivity contribution in [2.75, 3.05) is 5.32 Å². The summed E-state index contributed by atoms with van der Waals surface area (Å²) in [6, 6.07) is 11.7. The summed E-state index contributed by atoms with van der Waals surface area (Å²) < 4.78 is 0. The molecule has 94 valence electrons. The molecule has 0 saturated carbocycles. The standard InChI is InChI=1S/C14H16ClN3/c1-14(2,3)18-13-16-11(9-12(15)17-13)10-7-5-4-6-8-10/h4-9H,1-3H3,(H,16,17,18). The molecule has 0 aliphatic rings. The third-order valence-corrected chi connectivity index (χ3v) is 2.44. The van der Waals surface area contributed by atoms with Gasteiger partial charge in [-0.2, -0.15) is 0 Å². The molecule has 0 spiro atoms. The van der Waals surface area contributed by atoms with Gasteiger partial charge in [0.25, 0.3) is 0 Å². The number of rotatable bonds is 2. The van der Waals surface area contributed by atoms with Crippen LogP contribution in [0, 0.1) is 0 Å². The van der Waals surface area contributed by atoms with E-state index >= 15 is 0 Å². The van der Waals surface area contributed by atoms with Crippen LogP contribution in [0.5, 0.6) is 0 Å². The Morgan fingerprint density at radius 3 is 2.33 bits per heavy atom. The predicted molar refractivity (Wildman–Crippen MR) is 75.9 cm³/mol. The van der Waals surface area contributed by atoms with Crippen molar-refractivity contribution in [1.82, 2.24) is 9.97 Å². The molecular formula is C14H16ClN3. The van der Waals surface area contributed by atoms with Crippen molar-refractivity contribution >= 4 is 17.5 Å². The maximum atomic E-state index is 6.04. The zero-order valence-corrected chi connectivity index (χ0v) is 11.5. The number of anilines is 1. The highest BCUT2D eigenvalue weighted by molar-refractivity contribution is 6.29. The highest BCUT2D eigenvalue weighted by Crippen LogP contribution is 2.22. The van der Waals surface area contributed by atoms with Crippen LogP contribution in [0.3, 0.4) is 0 Å². The lowest BCUT2D eigenvalue weighted by Gasteiger charge is -2.20. The number of halogens is 1. The van der Waals surface area contributed by atoms with Crippen molar-refractivity contribution in [2.24, 2.45) is 0 Å². The van der Waals surface area contributed by atoms with Gasteiger partial charge in [-0.15, -0.1) is 0 Å². The second-order valence-corrected chi connectivity index (χ2v) is 5.53. The lowest BCUT2D eigenvalue weighted by Crippen LogP contribution is -2.27. The molecule has 0 amide bonds. The van der Waals surface area contributed by atoms with Crippen LogP contribution in [0.4, 0.5) is 5.95 Å². The third-order valence-electron chi connectivity index (χ3n) is 2.25. The van der Waals surface area contributed by atoms with Gasteiger partial charge in [0.05, 0.1) is 5.69 Å². The molecule has 0 saturated heterocycles. The molecule has 18 heavy (non-hydrogen) atoms. The monoisotopic (exact) mass is 261 g/mol. The number of hydrogen-bond acceptors (Lipinski definition) is 3. The van der Waals surface area contributed by atoms with Crippen LogP contribution in [-0.4, -0.2) is 15.5 Å². The van der Waals surface area contributed by atoms with Gasteiger partial charge < -0.3 is 5.32 Å². The molecule has 4 heteroatoms. The molecular weight excluding hydrogens is 246 g/mol. The van der Waals surface area contributed by atoms with E-state index in [1.165, 1.54) is 0 Å². The highest BCUT2D eigenvalue weighted by Gasteiger charge is 2.13. The molecule has 2 aromatic rings. The number of aromatic nitrogens is 2. The smallest absolute Gasteiger partial charge is 0.225 e. The quantitative estimate of drug-likeness (QED) is 0.830. The van der Waals surface area contributed by atoms with Gasteiger partial charge in [0, 0.05) is 17.2 Å². The van der Waals surface area contributed by atoms with E-state index in [2.05, 4.69) is 36.1 Å². The molecule has 0 atom stereocenters. The predicted octanol–water partition coefficient (Wildman–Crippen LogP) is 4.01. The summed E-state index contributed by atoms with van der Waals surface area (Å²) in [5.41, 5.74) is 1.75. The Morgan fingerprint density at radius 2 is 1.72 bits per heavy atom. The molecule has 1 aromatic heterocycles. The molecule has 1 aromatic carbocycles. The summed E-state index contributed by atoms with van der Waals surface area (Å²) in [5, 5.41) is 3.67. The van der Waals surface area contributed by atoms with Crippen molar-refractivity contribution in [1.29, 1.82) is 0 Å². The minimum absolute atomic E-state index is 0.0986. The van der Waals surface area contributed by atoms with E-state index in [1.54, 1.807) is 6.07 Å². The molecule has 0 radical (unpaired) electrons. The van der Waals surface area contributed by atoms with Gasteiger partial charge in [-0.25, -0.2) is 9.97 Å². The fraction of sp³-hybridized carbons (Fsp3) is 0.286. The van der Waals surface area contributed by atoms with Crippen molar-refractivity contribution in [3.8, 4) is 11.3 Å². The summed E-state index contributed by atoms with van der Waals surface area (Å²) in [7, 11) is 0. The van der Waals surface area contributed by atoms with Gasteiger partial charge in [0.15, 0.2) is 0 Å². The molecule has 3 nitrogen and oxygen atoms in total. The minimum Gasteiger partial charge on any atom is -0.350 e. The normalized spacial score (nSPS) is 11.3. The van der Waals surface area contributed by atoms with Crippen LogP contribution in [0.15, 0.2) is 36.4 Å². The number of nitrogens with one attached hydrogen (secondary N) is 1. The van der Waals surface area contributed by atoms with Crippen LogP contribution < -0.4 is 5.32 Å². The van der Waals surface area contributed by atoms with Crippen LogP contribution in [0.2, 0.25) is 5.15 Å². The summed E-state index contributed by atoms with van der Waals surface area (Å²) in [6.45, 7) is 6.17. The van der Waals surface area contributed by atoms with Gasteiger partial charge >= 0.3 is 0 Å². The Hall–Kier alpha value is -1.61. The van der Waals surface area contributed by atoms with E-state index < -0.39 is 0 Å². The molecule has 0 bridgehead atoms. The largest absolute Gasteiger partial charge is 0.350 e. The number of nitrogens with zero attached hydrogens (tertiary/aromatic N) is 2. The average Bonchev–Trinajstić information content (AvgIpc) is 2.27. The van der Waals surface area contributed by atoms with Crippen molar-refractivity contribution in [2.45, 2.75) is 26.3 Å². The fourth-order valence-electron chi connectivity index (χ4n) is 1.57. The van der Waals surface area contributed by atoms with Crippen molar-refractivity contribution in [3.05, 3.63) is 41.6 Å². The summed E-state index contributed by atoms with van der Waals surface area (Å²) >= 11 is 6.04. The van der Waals surface area contributed by atoms with Gasteiger partial charge in [-0.3, -0.25) is 0 Å². The lowest BCUT2D eigenvalue weighted by molar-refractivity contribution is 0.626. The number of benzene rings is 1. The summed E-state index contributed by atoms with van der Waals surface area (Å²) in [5.74, 6) is 0.550. The first kappa shape index (κ1) is 12.8. The van der Waals surface area contributed by atoms with Crippen LogP contribution >= 0.6 is 11.6 Å². The molecule has 0 aliphatic heterocycles. The molecule has 0 aliphatic carbocycles. The molecule has 0 unspecified atom stereocenters. The summed E-state index contributed by atoms with van der Waals surface area (Å²) in [6.07, 6.45) is 0. The topological polar surface area (TPSA) is 37.8 Å². The third kappa shape index (κ3) is 3.44. The van der Waals surface area contributed by atoms with Crippen LogP contribution in [0.1, 0.15) is 20.8 Å². The first-order chi connectivity index (χ1) is 8.44. The zero-order chi connectivity index (χ0) is 13.2. The van der Waals surface area contributed by atoms with Crippen molar-refractivity contribution in [3.63, 3.8) is 0 Å². The van der Waals surface area contributed by atoms with Crippen LogP contribution in [0.25, 0.3) is 11.3 Å². The van der Waals surface area contributed by atoms with E-state index in [9.17, 15) is 0 Å². The first-order valence-electron chi connectivity index (χ1n) is 5.82. The van der Waals surface area contributed by atoms with E-state index in [-0.39, 0.29) is 5.54 Å². The molecule has 0 fully saturated rings. The Labute approximate surface area is 112 Å². The lowest BCUT2D eigenvalue weighted by atomic mass is 10.1. The molecule has 1 N–H and O–H groups in total. The van der Waals surface area contributed by atoms with E-state index in [0.29, 0.717) is 11.1 Å². The maximum Gasteiger partial charge on any atom is 0.225 e. The van der Waals surface area contributed by atoms with E-state index in [4.69, 9.17) is 11.6 Å². The Balaban J connectivity index is 2.39. The van der Waals surface area contributed by atoms with Crippen LogP contribution in [-0.2, 0) is 0 Å². The minimum atomic E-state index is -0.0986. The van der Waals surface area contributed by atoms with Gasteiger partial charge in [0.1, 0.15) is 5.15 Å². The molecule has 2 rings (SSSR count). The van der Waals surface area contributed by atoms with Crippen molar-refractivity contribution < 1.29 is 0 Å². The van der Waals surface area contributed by atoms with Gasteiger partial charge in [0.2, 0.25) is 5.95 Å².